The molecule has 1 amide bonds. The molecule has 0 saturated carbocycles. The minimum atomic E-state index is -0.136. The Kier molecular flexibility index (Phi) is 7.67. The molecule has 0 aliphatic carbocycles. The molecule has 2 unspecified atom stereocenters. The van der Waals surface area contributed by atoms with Gasteiger partial charge in [0.05, 0.1) is 19.2 Å². The van der Waals surface area contributed by atoms with Crippen LogP contribution >= 0.6 is 0 Å². The highest BCUT2D eigenvalue weighted by Crippen LogP contribution is 2.24. The molecular weight excluding hydrogens is 362 g/mol. The molecule has 3 rings (SSSR count). The molecule has 1 heterocycles. The van der Waals surface area contributed by atoms with Gasteiger partial charge in [0.15, 0.2) is 0 Å². The van der Waals surface area contributed by atoms with E-state index in [1.807, 2.05) is 38.1 Å². The summed E-state index contributed by atoms with van der Waals surface area (Å²) in [5.74, 6) is 0.876. The van der Waals surface area contributed by atoms with Crippen LogP contribution in [-0.4, -0.2) is 61.6 Å². The first kappa shape index (κ1) is 21.3. The number of para-hydroxylation sites is 1. The Morgan fingerprint density at radius 3 is 2.34 bits per heavy atom. The lowest BCUT2D eigenvalue weighted by molar-refractivity contribution is -0.127. The number of nitrogens with zero attached hydrogens (tertiary/aromatic N) is 2. The third-order valence-corrected chi connectivity index (χ3v) is 5.86. The molecule has 1 saturated heterocycles. The summed E-state index contributed by atoms with van der Waals surface area (Å²) in [4.78, 5) is 17.6. The molecule has 0 bridgehead atoms. The Morgan fingerprint density at radius 1 is 1.00 bits per heavy atom. The summed E-state index contributed by atoms with van der Waals surface area (Å²) in [5.41, 5.74) is 2.38. The number of carbonyl (C=O) groups excluding carboxylic acids is 1. The van der Waals surface area contributed by atoms with Gasteiger partial charge in [-0.25, -0.2) is 0 Å². The van der Waals surface area contributed by atoms with E-state index in [4.69, 9.17) is 4.74 Å². The molecule has 5 heteroatoms. The Hall–Kier alpha value is -2.37. The molecule has 29 heavy (non-hydrogen) atoms. The Balaban J connectivity index is 1.46. The third kappa shape index (κ3) is 5.81. The van der Waals surface area contributed by atoms with Gasteiger partial charge in [0.1, 0.15) is 5.75 Å². The molecule has 2 aromatic rings. The zero-order valence-corrected chi connectivity index (χ0v) is 17.8. The van der Waals surface area contributed by atoms with E-state index in [1.165, 1.54) is 5.56 Å². The van der Waals surface area contributed by atoms with Gasteiger partial charge in [-0.05, 0) is 31.9 Å². The SMILES string of the molecule is COc1ccccc1C(C)NC(=O)C(C)N1CCN(CCc2ccccc2)CC1. The summed E-state index contributed by atoms with van der Waals surface area (Å²) in [6, 6.07) is 18.2. The molecule has 0 aromatic heterocycles. The fourth-order valence-corrected chi connectivity index (χ4v) is 3.91. The summed E-state index contributed by atoms with van der Waals surface area (Å²) in [6.07, 6.45) is 1.08. The monoisotopic (exact) mass is 395 g/mol. The number of ether oxygens (including phenoxy) is 1. The van der Waals surface area contributed by atoms with Crippen molar-refractivity contribution in [2.24, 2.45) is 0 Å². The highest BCUT2D eigenvalue weighted by Gasteiger charge is 2.26. The van der Waals surface area contributed by atoms with E-state index in [0.29, 0.717) is 0 Å². The molecule has 2 atom stereocenters. The lowest BCUT2D eigenvalue weighted by Gasteiger charge is -2.37. The molecule has 1 N–H and O–H groups in total. The van der Waals surface area contributed by atoms with Gasteiger partial charge < -0.3 is 15.0 Å². The van der Waals surface area contributed by atoms with Crippen molar-refractivity contribution in [1.82, 2.24) is 15.1 Å². The number of benzene rings is 2. The minimum absolute atomic E-state index is 0.0705. The number of rotatable bonds is 8. The second-order valence-corrected chi connectivity index (χ2v) is 7.76. The average Bonchev–Trinajstić information content (AvgIpc) is 2.78. The highest BCUT2D eigenvalue weighted by molar-refractivity contribution is 5.81. The maximum absolute atomic E-state index is 12.8. The van der Waals surface area contributed by atoms with E-state index in [1.54, 1.807) is 7.11 Å². The normalized spacial score (nSPS) is 17.5. The van der Waals surface area contributed by atoms with E-state index < -0.39 is 0 Å². The van der Waals surface area contributed by atoms with Crippen LogP contribution in [0.2, 0.25) is 0 Å². The van der Waals surface area contributed by atoms with Crippen LogP contribution in [0.3, 0.4) is 0 Å². The van der Waals surface area contributed by atoms with Crippen LogP contribution in [0.15, 0.2) is 54.6 Å². The zero-order chi connectivity index (χ0) is 20.6. The van der Waals surface area contributed by atoms with Gasteiger partial charge in [-0.3, -0.25) is 9.69 Å². The predicted molar refractivity (Wildman–Crippen MR) is 117 cm³/mol. The number of hydrogen-bond donors (Lipinski definition) is 1. The van der Waals surface area contributed by atoms with Crippen molar-refractivity contribution in [2.75, 3.05) is 39.8 Å². The van der Waals surface area contributed by atoms with Crippen molar-refractivity contribution in [2.45, 2.75) is 32.4 Å². The number of amides is 1. The Morgan fingerprint density at radius 2 is 1.66 bits per heavy atom. The maximum Gasteiger partial charge on any atom is 0.237 e. The van der Waals surface area contributed by atoms with Gasteiger partial charge in [0.25, 0.3) is 0 Å². The van der Waals surface area contributed by atoms with Gasteiger partial charge in [-0.1, -0.05) is 48.5 Å². The second kappa shape index (κ2) is 10.4. The second-order valence-electron chi connectivity index (χ2n) is 7.76. The van der Waals surface area contributed by atoms with Crippen molar-refractivity contribution >= 4 is 5.91 Å². The summed E-state index contributed by atoms with van der Waals surface area (Å²) in [6.45, 7) is 8.94. The average molecular weight is 396 g/mol. The van der Waals surface area contributed by atoms with E-state index in [9.17, 15) is 4.79 Å². The number of carbonyl (C=O) groups is 1. The number of nitrogens with one attached hydrogen (secondary N) is 1. The maximum atomic E-state index is 12.8. The van der Waals surface area contributed by atoms with Crippen molar-refractivity contribution in [3.8, 4) is 5.75 Å². The van der Waals surface area contributed by atoms with Crippen LogP contribution in [0.25, 0.3) is 0 Å². The standard InChI is InChI=1S/C24H33N3O2/c1-19(22-11-7-8-12-23(22)29-3)25-24(28)20(2)27-17-15-26(16-18-27)14-13-21-9-5-4-6-10-21/h4-12,19-20H,13-18H2,1-3H3,(H,25,28). The van der Waals surface area contributed by atoms with Crippen LogP contribution in [0.4, 0.5) is 0 Å². The van der Waals surface area contributed by atoms with Crippen LogP contribution < -0.4 is 10.1 Å². The van der Waals surface area contributed by atoms with Gasteiger partial charge in [-0.2, -0.15) is 0 Å². The number of hydrogen-bond acceptors (Lipinski definition) is 4. The molecule has 2 aromatic carbocycles. The molecule has 5 nitrogen and oxygen atoms in total. The quantitative estimate of drug-likeness (QED) is 0.746. The summed E-state index contributed by atoms with van der Waals surface area (Å²) >= 11 is 0. The molecule has 156 valence electrons. The van der Waals surface area contributed by atoms with Crippen molar-refractivity contribution < 1.29 is 9.53 Å². The van der Waals surface area contributed by atoms with Crippen molar-refractivity contribution in [1.29, 1.82) is 0 Å². The Bertz CT molecular complexity index is 773. The van der Waals surface area contributed by atoms with Gasteiger partial charge in [0.2, 0.25) is 5.91 Å². The molecule has 1 aliphatic rings. The van der Waals surface area contributed by atoms with Gasteiger partial charge in [-0.15, -0.1) is 0 Å². The van der Waals surface area contributed by atoms with Crippen LogP contribution in [0, 0.1) is 0 Å². The first-order valence-electron chi connectivity index (χ1n) is 10.5. The lowest BCUT2D eigenvalue weighted by Crippen LogP contribution is -2.54. The van der Waals surface area contributed by atoms with Crippen molar-refractivity contribution in [3.63, 3.8) is 0 Å². The van der Waals surface area contributed by atoms with Crippen LogP contribution in [0.5, 0.6) is 5.75 Å². The molecule has 1 aliphatic heterocycles. The van der Waals surface area contributed by atoms with E-state index >= 15 is 0 Å². The molecule has 0 spiro atoms. The van der Waals surface area contributed by atoms with Gasteiger partial charge >= 0.3 is 0 Å². The third-order valence-electron chi connectivity index (χ3n) is 5.86. The first-order chi connectivity index (χ1) is 14.1. The fourth-order valence-electron chi connectivity index (χ4n) is 3.91. The van der Waals surface area contributed by atoms with Gasteiger partial charge in [0, 0.05) is 38.3 Å². The van der Waals surface area contributed by atoms with Crippen LogP contribution in [-0.2, 0) is 11.2 Å². The largest absolute Gasteiger partial charge is 0.496 e. The topological polar surface area (TPSA) is 44.8 Å². The van der Waals surface area contributed by atoms with E-state index in [-0.39, 0.29) is 18.0 Å². The molecule has 0 radical (unpaired) electrons. The summed E-state index contributed by atoms with van der Waals surface area (Å²) in [7, 11) is 1.66. The zero-order valence-electron chi connectivity index (χ0n) is 17.8. The minimum Gasteiger partial charge on any atom is -0.496 e. The summed E-state index contributed by atoms with van der Waals surface area (Å²) in [5, 5.41) is 3.15. The molecule has 1 fully saturated rings. The smallest absolute Gasteiger partial charge is 0.237 e. The fraction of sp³-hybridized carbons (Fsp3) is 0.458. The van der Waals surface area contributed by atoms with E-state index in [2.05, 4.69) is 45.4 Å². The first-order valence-corrected chi connectivity index (χ1v) is 10.5. The summed E-state index contributed by atoms with van der Waals surface area (Å²) < 4.78 is 5.42. The highest BCUT2D eigenvalue weighted by atomic mass is 16.5. The lowest BCUT2D eigenvalue weighted by atomic mass is 10.1. The van der Waals surface area contributed by atoms with Crippen molar-refractivity contribution in [3.05, 3.63) is 65.7 Å². The van der Waals surface area contributed by atoms with Crippen LogP contribution in [0.1, 0.15) is 31.0 Å². The predicted octanol–water partition coefficient (Wildman–Crippen LogP) is 3.12. The molecular formula is C24H33N3O2. The Labute approximate surface area is 174 Å². The van der Waals surface area contributed by atoms with E-state index in [0.717, 1.165) is 50.5 Å². The number of methoxy groups -OCH3 is 1. The number of piperazine rings is 1.